The van der Waals surface area contributed by atoms with Gasteiger partial charge in [0, 0.05) is 56.9 Å². The fraction of sp³-hybridized carbons (Fsp3) is 0.320. The second kappa shape index (κ2) is 18.1. The normalized spacial score (nSPS) is 14.6. The van der Waals surface area contributed by atoms with Crippen molar-refractivity contribution in [3.8, 4) is 0 Å². The first-order valence-corrected chi connectivity index (χ1v) is 19.9. The molecule has 8 nitrogen and oxygen atoms in total. The Labute approximate surface area is 343 Å². The Hall–Kier alpha value is -6.02. The number of hydrogen-bond donors (Lipinski definition) is 0. The van der Waals surface area contributed by atoms with E-state index in [9.17, 15) is 19.5 Å². The molecule has 302 valence electrons. The van der Waals surface area contributed by atoms with E-state index in [0.29, 0.717) is 48.2 Å². The summed E-state index contributed by atoms with van der Waals surface area (Å²) >= 11 is 0. The lowest BCUT2D eigenvalue weighted by Crippen LogP contribution is -2.33. The third-order valence-electron chi connectivity index (χ3n) is 10.6. The molecule has 0 N–H and O–H groups in total. The van der Waals surface area contributed by atoms with Crippen molar-refractivity contribution in [2.75, 3.05) is 18.0 Å². The highest BCUT2D eigenvalue weighted by molar-refractivity contribution is 6.39. The number of allylic oxidation sites excluding steroid dienone is 7. The Bertz CT molecular complexity index is 2290. The molecule has 8 heteroatoms. The third kappa shape index (κ3) is 9.23. The number of ether oxygens (including phenoxy) is 2. The number of hydrogen-bond acceptors (Lipinski definition) is 7. The molecule has 0 radical (unpaired) electrons. The molecule has 3 aromatic carbocycles. The van der Waals surface area contributed by atoms with Crippen molar-refractivity contribution in [3.63, 3.8) is 0 Å². The Kier molecular flexibility index (Phi) is 13.4. The Morgan fingerprint density at radius 2 is 1.21 bits per heavy atom. The molecule has 2 aliphatic carbocycles. The van der Waals surface area contributed by atoms with Crippen LogP contribution in [-0.4, -0.2) is 53.3 Å². The van der Waals surface area contributed by atoms with E-state index in [-0.39, 0.29) is 22.7 Å². The number of nitrogens with zero attached hydrogens (tertiary/aromatic N) is 2. The molecule has 2 unspecified atom stereocenters. The quantitative estimate of drug-likeness (QED) is 0.0914. The van der Waals surface area contributed by atoms with E-state index in [4.69, 9.17) is 9.47 Å². The van der Waals surface area contributed by atoms with Crippen LogP contribution in [0.4, 0.5) is 17.1 Å². The average Bonchev–Trinajstić information content (AvgIpc) is 3.16. The number of anilines is 2. The molecule has 0 heterocycles. The summed E-state index contributed by atoms with van der Waals surface area (Å²) < 4.78 is 13.8. The highest BCUT2D eigenvalue weighted by Crippen LogP contribution is 2.40. The lowest BCUT2D eigenvalue weighted by molar-refractivity contribution is -0.451. The van der Waals surface area contributed by atoms with Crippen LogP contribution in [0.3, 0.4) is 0 Å². The molecular weight excluding hydrogens is 725 g/mol. The Morgan fingerprint density at radius 1 is 0.724 bits per heavy atom. The van der Waals surface area contributed by atoms with Crippen LogP contribution < -0.4 is 10.0 Å². The number of benzene rings is 3. The largest absolute Gasteiger partial charge is 0.871 e. The minimum absolute atomic E-state index is 0.152. The summed E-state index contributed by atoms with van der Waals surface area (Å²) in [6, 6.07) is 15.9. The van der Waals surface area contributed by atoms with E-state index in [1.54, 1.807) is 13.8 Å². The van der Waals surface area contributed by atoms with Crippen molar-refractivity contribution in [3.05, 3.63) is 153 Å². The molecule has 0 fully saturated rings. The fourth-order valence-corrected chi connectivity index (χ4v) is 7.79. The van der Waals surface area contributed by atoms with Gasteiger partial charge in [-0.15, -0.1) is 0 Å². The lowest BCUT2D eigenvalue weighted by Gasteiger charge is -2.33. The maximum atomic E-state index is 13.8. The molecule has 0 amide bonds. The Balaban J connectivity index is 1.48. The predicted molar refractivity (Wildman–Crippen MR) is 232 cm³/mol. The van der Waals surface area contributed by atoms with Crippen molar-refractivity contribution >= 4 is 46.1 Å². The van der Waals surface area contributed by atoms with Gasteiger partial charge in [0.05, 0.1) is 6.54 Å². The zero-order valence-corrected chi connectivity index (χ0v) is 35.7. The zero-order valence-electron chi connectivity index (χ0n) is 35.7. The molecule has 5 rings (SSSR count). The number of carbonyl (C=O) groups excluding carboxylic acids is 3. The minimum Gasteiger partial charge on any atom is -0.871 e. The van der Waals surface area contributed by atoms with Crippen molar-refractivity contribution < 1.29 is 33.5 Å². The summed E-state index contributed by atoms with van der Waals surface area (Å²) in [5.74, 6) is -1.46. The Morgan fingerprint density at radius 3 is 1.67 bits per heavy atom. The number of ketones is 1. The van der Waals surface area contributed by atoms with Crippen LogP contribution in [0.2, 0.25) is 0 Å². The van der Waals surface area contributed by atoms with Crippen LogP contribution in [0.25, 0.3) is 5.57 Å². The monoisotopic (exact) mass is 780 g/mol. The van der Waals surface area contributed by atoms with Gasteiger partial charge in [-0.1, -0.05) is 68.2 Å². The minimum atomic E-state index is -0.430. The fourth-order valence-electron chi connectivity index (χ4n) is 7.79. The molecule has 3 aromatic rings. The topological polar surface area (TPSA) is 99.0 Å². The van der Waals surface area contributed by atoms with Gasteiger partial charge in [-0.2, -0.15) is 4.58 Å². The highest BCUT2D eigenvalue weighted by Gasteiger charge is 2.32. The van der Waals surface area contributed by atoms with E-state index in [1.165, 1.54) is 0 Å². The van der Waals surface area contributed by atoms with E-state index >= 15 is 0 Å². The number of carbonyl (C=O) groups is 3. The van der Waals surface area contributed by atoms with Crippen LogP contribution in [0.1, 0.15) is 79.5 Å². The molecule has 0 aliphatic heterocycles. The zero-order chi connectivity index (χ0) is 42.6. The molecule has 2 aliphatic rings. The van der Waals surface area contributed by atoms with E-state index in [2.05, 4.69) is 88.4 Å². The van der Waals surface area contributed by atoms with Gasteiger partial charge in [0.25, 0.3) is 0 Å². The first-order valence-electron chi connectivity index (χ1n) is 19.9. The summed E-state index contributed by atoms with van der Waals surface area (Å²) in [5, 5.41) is 13.8. The standard InChI is InChI=1S/C50H56N2O6/c1-13-41(57-49(55)29(3)4)27-51(45-33(9)23-31(7)24-34(45)10)39-19-15-37(16-20-39)43-47(53)44(48(43)54)38-17-21-40(22-18-38)52(28-42(14-2)58-50(56)30(5)6)46-35(11)25-32(8)26-36(46)12/h15-26,41-42H,3,5,13-14,27-28H2,1-2,4,6-12H3. The van der Waals surface area contributed by atoms with Gasteiger partial charge in [-0.3, -0.25) is 4.79 Å². The van der Waals surface area contributed by atoms with Gasteiger partial charge in [0.2, 0.25) is 11.4 Å². The van der Waals surface area contributed by atoms with Gasteiger partial charge in [-0.05, 0) is 127 Å². The second-order valence-corrected chi connectivity index (χ2v) is 15.6. The number of Topliss-reactive ketones (excluding diaryl/α,β-unsaturated/α-hetero) is 1. The summed E-state index contributed by atoms with van der Waals surface area (Å²) in [6.07, 6.45) is 7.83. The van der Waals surface area contributed by atoms with Gasteiger partial charge in [-0.25, -0.2) is 9.59 Å². The van der Waals surface area contributed by atoms with E-state index in [0.717, 1.165) is 56.2 Å². The van der Waals surface area contributed by atoms with E-state index in [1.807, 2.05) is 62.4 Å². The van der Waals surface area contributed by atoms with Gasteiger partial charge in [0.1, 0.15) is 6.10 Å². The van der Waals surface area contributed by atoms with Crippen molar-refractivity contribution in [1.29, 1.82) is 0 Å². The van der Waals surface area contributed by atoms with Gasteiger partial charge >= 0.3 is 11.9 Å². The predicted octanol–water partition coefficient (Wildman–Crippen LogP) is 9.33. The van der Waals surface area contributed by atoms with Crippen LogP contribution in [0.5, 0.6) is 0 Å². The van der Waals surface area contributed by atoms with Gasteiger partial charge < -0.3 is 19.5 Å². The van der Waals surface area contributed by atoms with Crippen LogP contribution in [0, 0.1) is 41.5 Å². The molecule has 58 heavy (non-hydrogen) atoms. The lowest BCUT2D eigenvalue weighted by atomic mass is 9.80. The summed E-state index contributed by atoms with van der Waals surface area (Å²) in [6.45, 7) is 27.9. The number of rotatable bonds is 14. The molecule has 2 atom stereocenters. The van der Waals surface area contributed by atoms with Crippen molar-refractivity contribution in [2.24, 2.45) is 0 Å². The summed E-state index contributed by atoms with van der Waals surface area (Å²) in [7, 11) is 0. The van der Waals surface area contributed by atoms with Gasteiger partial charge in [0.15, 0.2) is 18.4 Å². The van der Waals surface area contributed by atoms with Crippen molar-refractivity contribution in [1.82, 2.24) is 0 Å². The van der Waals surface area contributed by atoms with E-state index < -0.39 is 24.1 Å². The molecule has 0 spiro atoms. The summed E-state index contributed by atoms with van der Waals surface area (Å²) in [4.78, 5) is 40.9. The molecule has 0 saturated carbocycles. The smallest absolute Gasteiger partial charge is 0.333 e. The van der Waals surface area contributed by atoms with Crippen LogP contribution in [-0.2, 0) is 23.9 Å². The first kappa shape index (κ1) is 43.1. The third-order valence-corrected chi connectivity index (χ3v) is 10.6. The van der Waals surface area contributed by atoms with Crippen LogP contribution in [0.15, 0.2) is 114 Å². The maximum absolute atomic E-state index is 13.8. The molecule has 0 aromatic heterocycles. The molecule has 0 saturated heterocycles. The van der Waals surface area contributed by atoms with Crippen LogP contribution >= 0.6 is 0 Å². The number of aryl methyl sites for hydroxylation is 6. The maximum Gasteiger partial charge on any atom is 0.333 e. The average molecular weight is 781 g/mol. The summed E-state index contributed by atoms with van der Waals surface area (Å²) in [5.41, 5.74) is 12.4. The first-order chi connectivity index (χ1) is 27.4. The second-order valence-electron chi connectivity index (χ2n) is 15.6. The molecular formula is C50H56N2O6. The molecule has 0 bridgehead atoms. The number of esters is 2. The van der Waals surface area contributed by atoms with Crippen molar-refractivity contribution in [2.45, 2.75) is 94.3 Å². The SMILES string of the molecule is C=C(C)C(=O)OC(CC)CN(c1ccc(C2=C([O-])C(=C3C=CC(=[N+](CC(CC)OC(=O)C(=C)C)c4c(C)cc(C)cc4C)C=C3)C2=O)cc1)c1c(C)cc(C)cc1C. The highest BCUT2D eigenvalue weighted by atomic mass is 16.5.